The molecule has 23 heteroatoms. The van der Waals surface area contributed by atoms with Gasteiger partial charge in [0.15, 0.2) is 0 Å². The van der Waals surface area contributed by atoms with E-state index < -0.39 is 10.9 Å². The lowest BCUT2D eigenvalue weighted by molar-refractivity contribution is -0.0465. The molecule has 0 aliphatic carbocycles. The molecule has 8 bridgehead atoms. The van der Waals surface area contributed by atoms with Gasteiger partial charge in [-0.25, -0.2) is 24.0 Å². The van der Waals surface area contributed by atoms with Gasteiger partial charge in [0.05, 0.1) is 49.5 Å². The average Bonchev–Trinajstić information content (AvgIpc) is 0.749. The minimum Gasteiger partial charge on any atom is -0.454 e. The monoisotopic (exact) mass is 1880 g/mol. The number of nitrogens with one attached hydrogen (secondary N) is 2. The lowest BCUT2D eigenvalue weighted by atomic mass is 9.86. The fraction of sp³-hybridized carbons (Fsp3) is 0.420. The highest BCUT2D eigenvalue weighted by Gasteiger charge is 2.44. The molecule has 135 heavy (non-hydrogen) atoms. The third-order valence-electron chi connectivity index (χ3n) is 29.1. The van der Waals surface area contributed by atoms with Crippen molar-refractivity contribution in [2.75, 3.05) is 124 Å². The van der Waals surface area contributed by atoms with Crippen LogP contribution in [0.25, 0.3) is 0 Å². The summed E-state index contributed by atoms with van der Waals surface area (Å²) in [6.45, 7) is 21.5. The van der Waals surface area contributed by atoms with Gasteiger partial charge in [0.1, 0.15) is 18.3 Å². The van der Waals surface area contributed by atoms with E-state index in [1.54, 1.807) is 6.92 Å². The van der Waals surface area contributed by atoms with Gasteiger partial charge in [0.25, 0.3) is 0 Å². The molecule has 17 aliphatic heterocycles. The molecule has 12 fully saturated rings. The largest absolute Gasteiger partial charge is 0.454 e. The number of ether oxygens (including phenoxy) is 5. The van der Waals surface area contributed by atoms with E-state index in [1.807, 2.05) is 82.3 Å². The second kappa shape index (κ2) is 49.5. The van der Waals surface area contributed by atoms with Crippen LogP contribution in [0.15, 0.2) is 273 Å². The Morgan fingerprint density at radius 2 is 0.570 bits per heavy atom. The minimum atomic E-state index is -0.738. The molecule has 3 amide bonds. The number of carbonyl (C=O) groups excluding carboxylic acids is 5. The first-order chi connectivity index (χ1) is 65.7. The zero-order valence-corrected chi connectivity index (χ0v) is 80.3. The van der Waals surface area contributed by atoms with Crippen molar-refractivity contribution in [3.63, 3.8) is 0 Å². The molecule has 12 saturated heterocycles. The number of fused-ring (bicyclic) bond motifs is 17. The first-order valence-electron chi connectivity index (χ1n) is 48.9. The van der Waals surface area contributed by atoms with Gasteiger partial charge in [-0.1, -0.05) is 273 Å². The standard InChI is InChI=1S/2C23H26N2O2.C18H19NO2.2C15H15N.C8H12ClNO2.C7H13NO.C3H5ClO2.ClH/c2*26-23(27-21-16-24-13-10-18(21)11-14-24)25-15-12-17-6-4-5-9-20(17)22(25)19-7-2-1-3-8-19;1-2-21-18(20)19-13-12-14-8-6-7-11-16(14)17(19)15-9-4-3-5-10-15;2*1-2-7-13(8-3-1)15-14-9-5-4-6-12(14)10-11-16-15;9-8(11)12-7-5-10-3-1-6(7)2-4-10;9-7-5-8-3-1-6(7)2-4-8;1-2-6-3(4)5;/h2*1-9,18,21-22H,10-16H2;3-11,17H,2,12-13H2,1H3;2*1-9,15-16H,10-11H2;6-7H,1-5H2;6-7,9H,1-5H2;2H2,1H3;1H/t21-,22-;;;15-;;7-;;;/m0..0.0.../s1. The van der Waals surface area contributed by atoms with Crippen molar-refractivity contribution in [1.82, 2.24) is 44.9 Å². The molecule has 9 atom stereocenters. The van der Waals surface area contributed by atoms with E-state index >= 15 is 0 Å². The summed E-state index contributed by atoms with van der Waals surface area (Å²) in [5.41, 5.74) is 18.2. The van der Waals surface area contributed by atoms with Crippen molar-refractivity contribution in [1.29, 1.82) is 0 Å². The van der Waals surface area contributed by atoms with Crippen LogP contribution in [0.4, 0.5) is 24.0 Å². The first-order valence-corrected chi connectivity index (χ1v) is 49.7. The van der Waals surface area contributed by atoms with Crippen molar-refractivity contribution in [2.24, 2.45) is 23.7 Å². The second-order valence-corrected chi connectivity index (χ2v) is 37.7. The third-order valence-corrected chi connectivity index (χ3v) is 29.3. The SMILES string of the molecule is CCOC(=O)Cl.CCOC(=O)N1CCc2ccccc2C1c1ccccc1.Cl.O=C(Cl)O[C@H]1CN2CCC1CC2.O=C(OC1CN2CCC1CC2)N1CCc2ccccc2C1c1ccccc1.O=C(O[C@H]1CN2CCC1CC2)N1CCc2ccccc2[C@@H]1c1ccccc1.OC1CN2CCC1CC2.c1ccc(C2NCCc3ccccc32)cc1.c1ccc([C@@H]2NCCc3ccccc32)cc1. The number of hydrogen-bond donors (Lipinski definition) is 3. The fourth-order valence-electron chi connectivity index (χ4n) is 22.1. The Hall–Kier alpha value is -10.5. The number of piperidine rings is 12. The number of nitrogens with zero attached hydrogens (tertiary/aromatic N) is 7. The highest BCUT2D eigenvalue weighted by Crippen LogP contribution is 2.42. The fourth-order valence-corrected chi connectivity index (χ4v) is 22.3. The molecule has 10 aromatic rings. The molecule has 17 aliphatic rings. The molecule has 3 N–H and O–H groups in total. The zero-order chi connectivity index (χ0) is 92.5. The number of amides is 3. The van der Waals surface area contributed by atoms with E-state index in [-0.39, 0.29) is 73.2 Å². The van der Waals surface area contributed by atoms with Gasteiger partial charge < -0.3 is 44.3 Å². The average molecular weight is 1890 g/mol. The molecule has 5 unspecified atom stereocenters. The third kappa shape index (κ3) is 25.9. The summed E-state index contributed by atoms with van der Waals surface area (Å²) in [7, 11) is 0. The van der Waals surface area contributed by atoms with Gasteiger partial charge in [0.2, 0.25) is 0 Å². The minimum absolute atomic E-state index is 0. The molecule has 712 valence electrons. The summed E-state index contributed by atoms with van der Waals surface area (Å²) in [4.78, 5) is 74.1. The highest BCUT2D eigenvalue weighted by atomic mass is 35.5. The normalized spacial score (nSPS) is 26.1. The number of benzene rings is 10. The second-order valence-electron chi connectivity index (χ2n) is 37.1. The summed E-state index contributed by atoms with van der Waals surface area (Å²) >= 11 is 9.89. The zero-order valence-electron chi connectivity index (χ0n) is 77.9. The van der Waals surface area contributed by atoms with Gasteiger partial charge in [-0.2, -0.15) is 0 Å². The summed E-state index contributed by atoms with van der Waals surface area (Å²) in [6, 6.07) is 95.5. The van der Waals surface area contributed by atoms with Crippen molar-refractivity contribution in [3.05, 3.63) is 356 Å². The lowest BCUT2D eigenvalue weighted by Crippen LogP contribution is -2.53. The van der Waals surface area contributed by atoms with Crippen LogP contribution in [-0.4, -0.2) is 217 Å². The quantitative estimate of drug-likeness (QED) is 0.0862. The van der Waals surface area contributed by atoms with Crippen LogP contribution in [0, 0.1) is 23.7 Å². The smallest absolute Gasteiger partial charge is 0.410 e. The van der Waals surface area contributed by atoms with Crippen LogP contribution < -0.4 is 10.6 Å². The summed E-state index contributed by atoms with van der Waals surface area (Å²) in [5.74, 6) is 2.25. The molecule has 0 aromatic heterocycles. The topological polar surface area (TPSA) is 198 Å². The van der Waals surface area contributed by atoms with Crippen LogP contribution in [-0.2, 0) is 55.8 Å². The Kier molecular flexibility index (Phi) is 36.3. The van der Waals surface area contributed by atoms with Crippen LogP contribution >= 0.6 is 35.6 Å². The number of aliphatic hydroxyl groups is 1. The maximum Gasteiger partial charge on any atom is 0.410 e. The molecule has 27 rings (SSSR count). The van der Waals surface area contributed by atoms with Crippen molar-refractivity contribution in [3.8, 4) is 0 Å². The van der Waals surface area contributed by atoms with Crippen molar-refractivity contribution in [2.45, 2.75) is 152 Å². The van der Waals surface area contributed by atoms with Gasteiger partial charge in [-0.15, -0.1) is 12.4 Å². The Morgan fingerprint density at radius 1 is 0.304 bits per heavy atom. The summed E-state index contributed by atoms with van der Waals surface area (Å²) < 4.78 is 26.6. The number of hydrogen-bond acceptors (Lipinski definition) is 17. The van der Waals surface area contributed by atoms with E-state index in [4.69, 9.17) is 42.1 Å². The van der Waals surface area contributed by atoms with Crippen LogP contribution in [0.1, 0.15) is 179 Å². The molecule has 0 saturated carbocycles. The molecule has 0 radical (unpaired) electrons. The highest BCUT2D eigenvalue weighted by molar-refractivity contribution is 6.61. The molecule has 17 heterocycles. The van der Waals surface area contributed by atoms with Crippen LogP contribution in [0.3, 0.4) is 0 Å². The Morgan fingerprint density at radius 3 is 0.830 bits per heavy atom. The van der Waals surface area contributed by atoms with E-state index in [2.05, 4.69) is 247 Å². The number of halogens is 3. The van der Waals surface area contributed by atoms with E-state index in [0.717, 1.165) is 166 Å². The van der Waals surface area contributed by atoms with Gasteiger partial charge >= 0.3 is 29.1 Å². The number of rotatable bonds is 10. The summed E-state index contributed by atoms with van der Waals surface area (Å²) in [6.07, 6.45) is 13.9. The first kappa shape index (κ1) is 99.0. The number of carbonyl (C=O) groups is 5. The van der Waals surface area contributed by atoms with Gasteiger partial charge in [0, 0.05) is 82.1 Å². The predicted octanol–water partition coefficient (Wildman–Crippen LogP) is 20.7. The molecular formula is C112H132Cl3N9O11. The van der Waals surface area contributed by atoms with Gasteiger partial charge in [-0.05, 0) is 257 Å². The van der Waals surface area contributed by atoms with E-state index in [0.29, 0.717) is 68.6 Å². The predicted molar refractivity (Wildman–Crippen MR) is 535 cm³/mol. The molecular weight excluding hydrogens is 1750 g/mol. The molecule has 10 aromatic carbocycles. The van der Waals surface area contributed by atoms with E-state index in [1.165, 1.54) is 92.7 Å². The Balaban J connectivity index is 0.000000121. The summed E-state index contributed by atoms with van der Waals surface area (Å²) in [5, 5.41) is 16.5. The van der Waals surface area contributed by atoms with E-state index in [9.17, 15) is 29.1 Å². The molecule has 20 nitrogen and oxygen atoms in total. The maximum atomic E-state index is 13.2. The van der Waals surface area contributed by atoms with Crippen molar-refractivity contribution < 1.29 is 52.8 Å². The van der Waals surface area contributed by atoms with Gasteiger partial charge in [-0.3, -0.25) is 29.4 Å². The lowest BCUT2D eigenvalue weighted by Gasteiger charge is -2.45. The maximum absolute atomic E-state index is 13.2. The molecule has 0 spiro atoms. The van der Waals surface area contributed by atoms with Crippen LogP contribution in [0.5, 0.6) is 0 Å². The van der Waals surface area contributed by atoms with Crippen LogP contribution in [0.2, 0.25) is 0 Å². The number of aliphatic hydroxyl groups excluding tert-OH is 1. The Labute approximate surface area is 813 Å². The van der Waals surface area contributed by atoms with Crippen molar-refractivity contribution >= 4 is 64.7 Å². The Bertz CT molecular complexity index is 5170.